The number of carbonyl (C=O) groups excluding carboxylic acids is 3. The standard InChI is InChI=1S/C61H106O6/c1-4-7-10-13-16-19-22-25-28-30-32-33-36-39-42-45-48-51-54-60(63)66-57-58(56-65-59(62)53-50-47-44-41-38-35-27-24-21-18-15-12-9-6-3)67-61(64)55-52-49-46-43-40-37-34-31-29-26-23-20-17-14-11-8-5-2/h8,11,17,20,24,26-27,29,34,37,43,46,58H,4-7,9-10,12-16,18-19,21-23,25,28,30-33,35-36,38-42,44-45,47-57H2,1-3H3/b11-8+,20-17+,27-24+,29-26+,37-34+,46-43+/t58-/m1/s1. The van der Waals surface area contributed by atoms with Crippen molar-refractivity contribution in [2.75, 3.05) is 13.2 Å². The number of hydrogen-bond donors (Lipinski definition) is 0. The summed E-state index contributed by atoms with van der Waals surface area (Å²) in [6.07, 6.45) is 70.4. The minimum Gasteiger partial charge on any atom is -0.462 e. The van der Waals surface area contributed by atoms with Gasteiger partial charge in [-0.1, -0.05) is 248 Å². The van der Waals surface area contributed by atoms with Crippen LogP contribution in [-0.4, -0.2) is 37.2 Å². The molecule has 0 saturated carbocycles. The molecule has 0 bridgehead atoms. The maximum atomic E-state index is 12.8. The van der Waals surface area contributed by atoms with Crippen LogP contribution in [0.5, 0.6) is 0 Å². The lowest BCUT2D eigenvalue weighted by molar-refractivity contribution is -0.167. The highest BCUT2D eigenvalue weighted by Gasteiger charge is 2.19. The lowest BCUT2D eigenvalue weighted by Gasteiger charge is -2.18. The van der Waals surface area contributed by atoms with Gasteiger partial charge in [-0.25, -0.2) is 0 Å². The highest BCUT2D eigenvalue weighted by Crippen LogP contribution is 2.16. The third-order valence-electron chi connectivity index (χ3n) is 12.2. The quantitative estimate of drug-likeness (QED) is 0.0262. The molecule has 0 heterocycles. The van der Waals surface area contributed by atoms with Crippen LogP contribution in [0.4, 0.5) is 0 Å². The van der Waals surface area contributed by atoms with Crippen LogP contribution in [-0.2, 0) is 28.6 Å². The summed E-state index contributed by atoms with van der Waals surface area (Å²) in [7, 11) is 0. The van der Waals surface area contributed by atoms with Crippen molar-refractivity contribution < 1.29 is 28.6 Å². The number of unbranched alkanes of at least 4 members (excludes halogenated alkanes) is 28. The van der Waals surface area contributed by atoms with Gasteiger partial charge < -0.3 is 14.2 Å². The highest BCUT2D eigenvalue weighted by atomic mass is 16.6. The first-order valence-electron chi connectivity index (χ1n) is 28.4. The molecule has 0 aliphatic rings. The Balaban J connectivity index is 4.45. The third-order valence-corrected chi connectivity index (χ3v) is 12.2. The van der Waals surface area contributed by atoms with Gasteiger partial charge in [-0.3, -0.25) is 14.4 Å². The zero-order valence-corrected chi connectivity index (χ0v) is 44.2. The Morgan fingerprint density at radius 2 is 0.597 bits per heavy atom. The van der Waals surface area contributed by atoms with Crippen molar-refractivity contribution in [1.82, 2.24) is 0 Å². The number of hydrogen-bond acceptors (Lipinski definition) is 6. The van der Waals surface area contributed by atoms with Gasteiger partial charge >= 0.3 is 17.9 Å². The van der Waals surface area contributed by atoms with Crippen molar-refractivity contribution in [2.24, 2.45) is 0 Å². The van der Waals surface area contributed by atoms with E-state index in [4.69, 9.17) is 14.2 Å². The summed E-state index contributed by atoms with van der Waals surface area (Å²) in [5.41, 5.74) is 0. The van der Waals surface area contributed by atoms with Crippen LogP contribution in [0.2, 0.25) is 0 Å². The maximum Gasteiger partial charge on any atom is 0.306 e. The third kappa shape index (κ3) is 53.7. The number of allylic oxidation sites excluding steroid dienone is 12. The Morgan fingerprint density at radius 1 is 0.313 bits per heavy atom. The molecule has 1 atom stereocenters. The number of rotatable bonds is 51. The Bertz CT molecular complexity index is 1260. The van der Waals surface area contributed by atoms with Gasteiger partial charge in [0.05, 0.1) is 0 Å². The van der Waals surface area contributed by atoms with Crippen LogP contribution in [0.3, 0.4) is 0 Å². The largest absolute Gasteiger partial charge is 0.462 e. The van der Waals surface area contributed by atoms with Crippen LogP contribution < -0.4 is 0 Å². The first kappa shape index (κ1) is 63.8. The normalized spacial score (nSPS) is 12.6. The van der Waals surface area contributed by atoms with Gasteiger partial charge in [-0.15, -0.1) is 0 Å². The molecule has 6 heteroatoms. The van der Waals surface area contributed by atoms with E-state index in [-0.39, 0.29) is 37.5 Å². The van der Waals surface area contributed by atoms with Crippen molar-refractivity contribution in [1.29, 1.82) is 0 Å². The van der Waals surface area contributed by atoms with Gasteiger partial charge in [0.2, 0.25) is 0 Å². The zero-order valence-electron chi connectivity index (χ0n) is 44.2. The fraction of sp³-hybridized carbons (Fsp3) is 0.754. The van der Waals surface area contributed by atoms with Gasteiger partial charge in [-0.2, -0.15) is 0 Å². The molecule has 0 aliphatic heterocycles. The van der Waals surface area contributed by atoms with Crippen LogP contribution in [0.1, 0.15) is 278 Å². The van der Waals surface area contributed by atoms with Crippen molar-refractivity contribution in [3.63, 3.8) is 0 Å². The molecule has 67 heavy (non-hydrogen) atoms. The summed E-state index contributed by atoms with van der Waals surface area (Å²) in [5.74, 6) is -0.957. The molecule has 0 aliphatic carbocycles. The molecule has 0 unspecified atom stereocenters. The molecule has 0 spiro atoms. The fourth-order valence-corrected chi connectivity index (χ4v) is 7.94. The topological polar surface area (TPSA) is 78.9 Å². The zero-order chi connectivity index (χ0) is 48.6. The first-order chi connectivity index (χ1) is 33.0. The van der Waals surface area contributed by atoms with Crippen LogP contribution in [0.15, 0.2) is 72.9 Å². The average Bonchev–Trinajstić information content (AvgIpc) is 3.33. The average molecular weight is 936 g/mol. The van der Waals surface area contributed by atoms with Crippen molar-refractivity contribution in [3.8, 4) is 0 Å². The molecule has 0 aromatic rings. The summed E-state index contributed by atoms with van der Waals surface area (Å²) >= 11 is 0. The van der Waals surface area contributed by atoms with E-state index in [0.717, 1.165) is 83.5 Å². The molecule has 0 rings (SSSR count). The molecule has 0 aromatic heterocycles. The van der Waals surface area contributed by atoms with Gasteiger partial charge in [0.1, 0.15) is 13.2 Å². The lowest BCUT2D eigenvalue weighted by atomic mass is 10.0. The second-order valence-corrected chi connectivity index (χ2v) is 18.8. The summed E-state index contributed by atoms with van der Waals surface area (Å²) in [4.78, 5) is 38.1. The van der Waals surface area contributed by atoms with E-state index in [9.17, 15) is 14.4 Å². The van der Waals surface area contributed by atoms with E-state index in [2.05, 4.69) is 93.7 Å². The Hall–Kier alpha value is -3.15. The Morgan fingerprint density at radius 3 is 0.970 bits per heavy atom. The van der Waals surface area contributed by atoms with E-state index >= 15 is 0 Å². The Labute approximate surface area is 414 Å². The number of esters is 3. The summed E-state index contributed by atoms with van der Waals surface area (Å²) in [5, 5.41) is 0. The van der Waals surface area contributed by atoms with E-state index in [1.807, 2.05) is 0 Å². The second-order valence-electron chi connectivity index (χ2n) is 18.8. The molecule has 386 valence electrons. The predicted molar refractivity (Wildman–Crippen MR) is 288 cm³/mol. The maximum absolute atomic E-state index is 12.8. The Kier molecular flexibility index (Phi) is 52.8. The number of ether oxygens (including phenoxy) is 3. The molecular formula is C61H106O6. The molecule has 6 nitrogen and oxygen atoms in total. The predicted octanol–water partition coefficient (Wildman–Crippen LogP) is 19.0. The lowest BCUT2D eigenvalue weighted by Crippen LogP contribution is -2.30. The monoisotopic (exact) mass is 935 g/mol. The van der Waals surface area contributed by atoms with Gasteiger partial charge in [-0.05, 0) is 83.5 Å². The van der Waals surface area contributed by atoms with Gasteiger partial charge in [0.15, 0.2) is 6.10 Å². The van der Waals surface area contributed by atoms with E-state index in [1.54, 1.807) is 0 Å². The van der Waals surface area contributed by atoms with Crippen molar-refractivity contribution in [3.05, 3.63) is 72.9 Å². The van der Waals surface area contributed by atoms with Gasteiger partial charge in [0, 0.05) is 19.3 Å². The van der Waals surface area contributed by atoms with Crippen LogP contribution in [0, 0.1) is 0 Å². The molecule has 0 radical (unpaired) electrons. The molecule has 0 N–H and O–H groups in total. The molecule has 0 fully saturated rings. The van der Waals surface area contributed by atoms with Crippen LogP contribution >= 0.6 is 0 Å². The SMILES string of the molecule is CC/C=C/C/C=C/C/C=C/C/C=C/C/C=C/CCCC(=O)O[C@H](COC(=O)CCCCCCC/C=C/CCCCCCC)COC(=O)CCCCCCCCCCCCCCCCCCCC. The molecular weight excluding hydrogens is 829 g/mol. The minimum atomic E-state index is -0.807. The van der Waals surface area contributed by atoms with Crippen LogP contribution in [0.25, 0.3) is 0 Å². The minimum absolute atomic E-state index is 0.0982. The second kappa shape index (κ2) is 55.4. The summed E-state index contributed by atoms with van der Waals surface area (Å²) < 4.78 is 16.8. The highest BCUT2D eigenvalue weighted by molar-refractivity contribution is 5.71. The van der Waals surface area contributed by atoms with Crippen molar-refractivity contribution in [2.45, 2.75) is 284 Å². The summed E-state index contributed by atoms with van der Waals surface area (Å²) in [6.45, 7) is 6.49. The van der Waals surface area contributed by atoms with E-state index < -0.39 is 6.10 Å². The van der Waals surface area contributed by atoms with Gasteiger partial charge in [0.25, 0.3) is 0 Å². The molecule has 0 saturated heterocycles. The summed E-state index contributed by atoms with van der Waals surface area (Å²) in [6, 6.07) is 0. The smallest absolute Gasteiger partial charge is 0.306 e. The molecule has 0 amide bonds. The van der Waals surface area contributed by atoms with Crippen molar-refractivity contribution >= 4 is 17.9 Å². The van der Waals surface area contributed by atoms with E-state index in [0.29, 0.717) is 19.3 Å². The molecule has 0 aromatic carbocycles. The first-order valence-corrected chi connectivity index (χ1v) is 28.4. The fourth-order valence-electron chi connectivity index (χ4n) is 7.94. The van der Waals surface area contributed by atoms with E-state index in [1.165, 1.54) is 148 Å². The number of carbonyl (C=O) groups is 3.